The summed E-state index contributed by atoms with van der Waals surface area (Å²) in [5, 5.41) is 22.8. The number of allylic oxidation sites excluding steroid dienone is 1. The summed E-state index contributed by atoms with van der Waals surface area (Å²) >= 11 is 1.26. The van der Waals surface area contributed by atoms with Crippen LogP contribution in [0, 0.1) is 40.9 Å². The fraction of sp³-hybridized carbons (Fsp3) is 0.300. The first-order valence-corrected chi connectivity index (χ1v) is 9.28. The maximum Gasteiger partial charge on any atom is 0.336 e. The molecule has 3 rings (SSSR count). The average molecular weight is 379 g/mol. The van der Waals surface area contributed by atoms with Crippen molar-refractivity contribution in [3.8, 4) is 12.1 Å². The normalized spacial score (nSPS) is 18.7. The Morgan fingerprint density at radius 3 is 2.67 bits per heavy atom. The molecule has 0 spiro atoms. The number of hydrogen-bond donors (Lipinski definition) is 1. The molecule has 1 aliphatic heterocycles. The quantitative estimate of drug-likeness (QED) is 0.820. The van der Waals surface area contributed by atoms with Crippen LogP contribution in [0.5, 0.6) is 0 Å². The molecule has 1 aliphatic rings. The zero-order chi connectivity index (χ0) is 19.8. The average Bonchev–Trinajstić information content (AvgIpc) is 2.58. The van der Waals surface area contributed by atoms with Gasteiger partial charge in [-0.15, -0.1) is 11.8 Å². The largest absolute Gasteiger partial charge is 0.423 e. The number of hydrogen-bond acceptors (Lipinski definition) is 6. The van der Waals surface area contributed by atoms with Crippen molar-refractivity contribution in [2.24, 2.45) is 11.3 Å². The minimum Gasteiger partial charge on any atom is -0.423 e. The lowest BCUT2D eigenvalue weighted by molar-refractivity contribution is -0.125. The number of nitrogens with zero attached hydrogens (tertiary/aromatic N) is 2. The van der Waals surface area contributed by atoms with Gasteiger partial charge >= 0.3 is 5.63 Å². The van der Waals surface area contributed by atoms with E-state index in [1.54, 1.807) is 19.9 Å². The Hall–Kier alpha value is -3.03. The standard InChI is InChI=1S/C20H17N3O3S/c1-11-4-5-13-12(7-17(24)26-16(13)6-11)10-27-19-15(9-22)20(2,3)14(8-21)18(25)23-19/h4-7,14H,10H2,1-3H3,(H,23,25). The molecule has 1 aromatic carbocycles. The zero-order valence-electron chi connectivity index (χ0n) is 15.1. The van der Waals surface area contributed by atoms with Crippen LogP contribution in [0.1, 0.15) is 25.0 Å². The van der Waals surface area contributed by atoms with E-state index in [0.717, 1.165) is 16.5 Å². The van der Waals surface area contributed by atoms with Gasteiger partial charge in [0.25, 0.3) is 0 Å². The Morgan fingerprint density at radius 1 is 1.26 bits per heavy atom. The lowest BCUT2D eigenvalue weighted by atomic mass is 9.72. The number of thioether (sulfide) groups is 1. The van der Waals surface area contributed by atoms with Gasteiger partial charge in [0.05, 0.1) is 22.7 Å². The number of aryl methyl sites for hydroxylation is 1. The van der Waals surface area contributed by atoms with Crippen molar-refractivity contribution < 1.29 is 9.21 Å². The van der Waals surface area contributed by atoms with Gasteiger partial charge in [-0.3, -0.25) is 4.79 Å². The maximum atomic E-state index is 12.3. The van der Waals surface area contributed by atoms with Crippen LogP contribution in [0.3, 0.4) is 0 Å². The molecule has 2 heterocycles. The fourth-order valence-corrected chi connectivity index (χ4v) is 4.31. The predicted octanol–water partition coefficient (Wildman–Crippen LogP) is 3.37. The van der Waals surface area contributed by atoms with Gasteiger partial charge in [-0.25, -0.2) is 4.79 Å². The molecule has 0 saturated heterocycles. The molecule has 0 fully saturated rings. The molecule has 1 unspecified atom stereocenters. The van der Waals surface area contributed by atoms with Crippen LogP contribution >= 0.6 is 11.8 Å². The number of benzene rings is 1. The van der Waals surface area contributed by atoms with Crippen LogP contribution in [0.4, 0.5) is 0 Å². The molecule has 0 saturated carbocycles. The number of carbonyl (C=O) groups is 1. The van der Waals surface area contributed by atoms with Gasteiger partial charge in [0.15, 0.2) is 0 Å². The molecule has 0 bridgehead atoms. The molecule has 1 amide bonds. The minimum absolute atomic E-state index is 0.363. The summed E-state index contributed by atoms with van der Waals surface area (Å²) in [6.07, 6.45) is 0. The third-order valence-corrected chi connectivity index (χ3v) is 5.74. The molecule has 1 atom stereocenters. The molecular formula is C20H17N3O3S. The zero-order valence-corrected chi connectivity index (χ0v) is 15.9. The molecule has 1 N–H and O–H groups in total. The van der Waals surface area contributed by atoms with E-state index in [2.05, 4.69) is 11.4 Å². The number of carbonyl (C=O) groups excluding carboxylic acids is 1. The van der Waals surface area contributed by atoms with Crippen LogP contribution in [0.25, 0.3) is 11.0 Å². The van der Waals surface area contributed by atoms with Gasteiger partial charge in [-0.05, 0) is 24.1 Å². The van der Waals surface area contributed by atoms with E-state index in [0.29, 0.717) is 21.9 Å². The molecule has 0 aliphatic carbocycles. The van der Waals surface area contributed by atoms with Crippen molar-refractivity contribution in [2.75, 3.05) is 0 Å². The van der Waals surface area contributed by atoms with Crippen molar-refractivity contribution in [2.45, 2.75) is 26.5 Å². The Balaban J connectivity index is 2.00. The highest BCUT2D eigenvalue weighted by atomic mass is 32.2. The number of nitriles is 2. The molecule has 27 heavy (non-hydrogen) atoms. The van der Waals surface area contributed by atoms with Crippen molar-refractivity contribution in [1.82, 2.24) is 5.32 Å². The highest BCUT2D eigenvalue weighted by Gasteiger charge is 2.44. The molecule has 6 nitrogen and oxygen atoms in total. The number of amides is 1. The van der Waals surface area contributed by atoms with Gasteiger partial charge < -0.3 is 9.73 Å². The van der Waals surface area contributed by atoms with Crippen molar-refractivity contribution in [3.63, 3.8) is 0 Å². The number of rotatable bonds is 3. The summed E-state index contributed by atoms with van der Waals surface area (Å²) in [6, 6.07) is 11.2. The molecule has 2 aromatic rings. The summed E-state index contributed by atoms with van der Waals surface area (Å²) in [7, 11) is 0. The smallest absolute Gasteiger partial charge is 0.336 e. The van der Waals surface area contributed by atoms with E-state index in [9.17, 15) is 20.1 Å². The Morgan fingerprint density at radius 2 is 2.00 bits per heavy atom. The number of fused-ring (bicyclic) bond motifs is 1. The Labute approximate surface area is 160 Å². The van der Waals surface area contributed by atoms with Crippen LogP contribution < -0.4 is 10.9 Å². The Bertz CT molecular complexity index is 1120. The SMILES string of the molecule is Cc1ccc2c(CSC3=C(C#N)C(C)(C)C(C#N)C(=O)N3)cc(=O)oc2c1. The summed E-state index contributed by atoms with van der Waals surface area (Å²) in [6.45, 7) is 5.35. The summed E-state index contributed by atoms with van der Waals surface area (Å²) in [5.41, 5.74) is 1.27. The predicted molar refractivity (Wildman–Crippen MR) is 102 cm³/mol. The highest BCUT2D eigenvalue weighted by molar-refractivity contribution is 8.02. The van der Waals surface area contributed by atoms with Crippen molar-refractivity contribution >= 4 is 28.6 Å². The van der Waals surface area contributed by atoms with Crippen LogP contribution in [0.15, 0.2) is 44.1 Å². The lowest BCUT2D eigenvalue weighted by Gasteiger charge is -2.34. The molecule has 0 radical (unpaired) electrons. The number of nitrogens with one attached hydrogen (secondary N) is 1. The summed E-state index contributed by atoms with van der Waals surface area (Å²) in [5.74, 6) is -0.972. The van der Waals surface area contributed by atoms with Crippen LogP contribution in [0.2, 0.25) is 0 Å². The second-order valence-corrected chi connectivity index (χ2v) is 7.95. The fourth-order valence-electron chi connectivity index (χ4n) is 3.14. The first-order chi connectivity index (χ1) is 12.8. The molecule has 136 valence electrons. The molecule has 1 aromatic heterocycles. The molecule has 7 heteroatoms. The first kappa shape index (κ1) is 18.8. The van der Waals surface area contributed by atoms with E-state index < -0.39 is 22.9 Å². The monoisotopic (exact) mass is 379 g/mol. The second-order valence-electron chi connectivity index (χ2n) is 6.97. The van der Waals surface area contributed by atoms with E-state index in [1.807, 2.05) is 25.1 Å². The maximum absolute atomic E-state index is 12.3. The lowest BCUT2D eigenvalue weighted by Crippen LogP contribution is -2.44. The van der Waals surface area contributed by atoms with E-state index in [4.69, 9.17) is 4.42 Å². The van der Waals surface area contributed by atoms with E-state index in [1.165, 1.54) is 17.8 Å². The first-order valence-electron chi connectivity index (χ1n) is 8.29. The van der Waals surface area contributed by atoms with Gasteiger partial charge in [0.2, 0.25) is 5.91 Å². The van der Waals surface area contributed by atoms with E-state index >= 15 is 0 Å². The Kier molecular flexibility index (Phi) is 4.82. The van der Waals surface area contributed by atoms with Crippen molar-refractivity contribution in [1.29, 1.82) is 10.5 Å². The van der Waals surface area contributed by atoms with Gasteiger partial charge in [-0.1, -0.05) is 26.0 Å². The third kappa shape index (κ3) is 3.34. The van der Waals surface area contributed by atoms with Gasteiger partial charge in [-0.2, -0.15) is 10.5 Å². The van der Waals surface area contributed by atoms with Crippen molar-refractivity contribution in [3.05, 3.63) is 56.4 Å². The minimum atomic E-state index is -0.927. The van der Waals surface area contributed by atoms with Crippen LogP contribution in [-0.2, 0) is 10.5 Å². The van der Waals surface area contributed by atoms with Gasteiger partial charge in [0.1, 0.15) is 11.5 Å². The van der Waals surface area contributed by atoms with Crippen LogP contribution in [-0.4, -0.2) is 5.91 Å². The molecular weight excluding hydrogens is 362 g/mol. The second kappa shape index (κ2) is 6.94. The van der Waals surface area contributed by atoms with Gasteiger partial charge in [0, 0.05) is 22.6 Å². The highest BCUT2D eigenvalue weighted by Crippen LogP contribution is 2.42. The summed E-state index contributed by atoms with van der Waals surface area (Å²) in [4.78, 5) is 24.2. The topological polar surface area (TPSA) is 107 Å². The summed E-state index contributed by atoms with van der Waals surface area (Å²) < 4.78 is 5.26. The third-order valence-electron chi connectivity index (χ3n) is 4.69. The van der Waals surface area contributed by atoms with E-state index in [-0.39, 0.29) is 0 Å².